The fraction of sp³-hybridized carbons (Fsp3) is 0.333. The summed E-state index contributed by atoms with van der Waals surface area (Å²) in [6.07, 6.45) is 2.51. The van der Waals surface area contributed by atoms with Gasteiger partial charge in [-0.25, -0.2) is 9.07 Å². The van der Waals surface area contributed by atoms with Gasteiger partial charge in [-0.05, 0) is 30.3 Å². The monoisotopic (exact) mass is 324 g/mol. The first-order chi connectivity index (χ1) is 10.2. The number of hydrogen-bond donors (Lipinski definition) is 2. The molecule has 0 bridgehead atoms. The summed E-state index contributed by atoms with van der Waals surface area (Å²) in [6.45, 7) is 2.12. The highest BCUT2D eigenvalue weighted by Crippen LogP contribution is 2.09. The second-order valence-electron chi connectivity index (χ2n) is 5.12. The topological polar surface area (TPSA) is 59.0 Å². The first-order valence-electron chi connectivity index (χ1n) is 7.01. The number of hydrogen-bond acceptors (Lipinski definition) is 3. The standard InChI is InChI=1S/C15H17FN4O.ClH/c16-12-1-3-14(4-2-12)20-8-6-13(19-20)5-7-18-15(21)11-9-17-10-11;/h1-4,6,8,11,17H,5,7,9-10H2,(H,18,21);1H. The normalized spacial score (nSPS) is 14.0. The molecule has 0 spiro atoms. The van der Waals surface area contributed by atoms with Crippen molar-refractivity contribution >= 4 is 18.3 Å². The van der Waals surface area contributed by atoms with Crippen molar-refractivity contribution in [2.24, 2.45) is 5.92 Å². The lowest BCUT2D eigenvalue weighted by molar-refractivity contribution is -0.126. The zero-order valence-electron chi connectivity index (χ0n) is 12.0. The fourth-order valence-corrected chi connectivity index (χ4v) is 2.16. The third-order valence-electron chi connectivity index (χ3n) is 3.57. The van der Waals surface area contributed by atoms with Crippen LogP contribution in [0.1, 0.15) is 5.69 Å². The molecule has 3 rings (SSSR count). The molecule has 22 heavy (non-hydrogen) atoms. The molecule has 0 saturated carbocycles. The molecule has 118 valence electrons. The van der Waals surface area contributed by atoms with Gasteiger partial charge in [0.05, 0.1) is 17.3 Å². The highest BCUT2D eigenvalue weighted by molar-refractivity contribution is 5.85. The van der Waals surface area contributed by atoms with E-state index in [2.05, 4.69) is 15.7 Å². The van der Waals surface area contributed by atoms with E-state index < -0.39 is 0 Å². The summed E-state index contributed by atoms with van der Waals surface area (Å²) in [4.78, 5) is 11.7. The lowest BCUT2D eigenvalue weighted by atomic mass is 10.0. The van der Waals surface area contributed by atoms with E-state index in [0.29, 0.717) is 13.0 Å². The van der Waals surface area contributed by atoms with Crippen molar-refractivity contribution in [2.75, 3.05) is 19.6 Å². The van der Waals surface area contributed by atoms with E-state index >= 15 is 0 Å². The predicted octanol–water partition coefficient (Wildman–Crippen LogP) is 1.31. The summed E-state index contributed by atoms with van der Waals surface area (Å²) in [5.41, 5.74) is 1.71. The van der Waals surface area contributed by atoms with Crippen LogP contribution in [0.5, 0.6) is 0 Å². The van der Waals surface area contributed by atoms with Crippen molar-refractivity contribution in [1.29, 1.82) is 0 Å². The Balaban J connectivity index is 0.00000176. The number of aromatic nitrogens is 2. The third kappa shape index (κ3) is 3.84. The van der Waals surface area contributed by atoms with Gasteiger partial charge in [-0.3, -0.25) is 4.79 Å². The minimum atomic E-state index is -0.265. The number of carbonyl (C=O) groups is 1. The molecule has 1 aromatic carbocycles. The van der Waals surface area contributed by atoms with E-state index in [0.717, 1.165) is 24.5 Å². The molecule has 2 heterocycles. The summed E-state index contributed by atoms with van der Waals surface area (Å²) in [5.74, 6) is -0.0483. The second kappa shape index (κ2) is 7.38. The van der Waals surface area contributed by atoms with Crippen LogP contribution >= 0.6 is 12.4 Å². The molecule has 7 heteroatoms. The van der Waals surface area contributed by atoms with Crippen molar-refractivity contribution in [3.63, 3.8) is 0 Å². The Morgan fingerprint density at radius 3 is 2.68 bits per heavy atom. The number of benzene rings is 1. The predicted molar refractivity (Wildman–Crippen MR) is 83.8 cm³/mol. The maximum Gasteiger partial charge on any atom is 0.225 e. The molecule has 1 aliphatic heterocycles. The Labute approximate surface area is 134 Å². The Hall–Kier alpha value is -1.92. The van der Waals surface area contributed by atoms with Gasteiger partial charge in [-0.1, -0.05) is 0 Å². The van der Waals surface area contributed by atoms with Gasteiger partial charge in [0, 0.05) is 32.3 Å². The number of amides is 1. The molecule has 2 aromatic rings. The van der Waals surface area contributed by atoms with Gasteiger partial charge in [-0.2, -0.15) is 5.10 Å². The Morgan fingerprint density at radius 2 is 2.05 bits per heavy atom. The fourth-order valence-electron chi connectivity index (χ4n) is 2.16. The van der Waals surface area contributed by atoms with E-state index in [1.807, 2.05) is 12.3 Å². The molecule has 1 fully saturated rings. The summed E-state index contributed by atoms with van der Waals surface area (Å²) < 4.78 is 14.6. The van der Waals surface area contributed by atoms with Crippen LogP contribution in [0.15, 0.2) is 36.5 Å². The zero-order chi connectivity index (χ0) is 14.7. The van der Waals surface area contributed by atoms with Gasteiger partial charge >= 0.3 is 0 Å². The lowest BCUT2D eigenvalue weighted by Gasteiger charge is -2.25. The first-order valence-corrected chi connectivity index (χ1v) is 7.01. The van der Waals surface area contributed by atoms with Crippen LogP contribution < -0.4 is 10.6 Å². The molecule has 5 nitrogen and oxygen atoms in total. The second-order valence-corrected chi connectivity index (χ2v) is 5.12. The van der Waals surface area contributed by atoms with Crippen molar-refractivity contribution in [2.45, 2.75) is 6.42 Å². The van der Waals surface area contributed by atoms with Crippen LogP contribution in [0, 0.1) is 11.7 Å². The van der Waals surface area contributed by atoms with E-state index in [1.165, 1.54) is 12.1 Å². The molecule has 1 aliphatic rings. The average Bonchev–Trinajstić information content (AvgIpc) is 2.86. The zero-order valence-corrected chi connectivity index (χ0v) is 12.8. The van der Waals surface area contributed by atoms with E-state index in [9.17, 15) is 9.18 Å². The van der Waals surface area contributed by atoms with Gasteiger partial charge in [0.1, 0.15) is 5.82 Å². The third-order valence-corrected chi connectivity index (χ3v) is 3.57. The summed E-state index contributed by atoms with van der Waals surface area (Å²) in [6, 6.07) is 8.07. The number of nitrogens with zero attached hydrogens (tertiary/aromatic N) is 2. The molecular formula is C15H18ClFN4O. The minimum Gasteiger partial charge on any atom is -0.355 e. The SMILES string of the molecule is Cl.O=C(NCCc1ccn(-c2ccc(F)cc2)n1)C1CNC1. The molecule has 0 unspecified atom stereocenters. The molecular weight excluding hydrogens is 307 g/mol. The first kappa shape index (κ1) is 16.5. The quantitative estimate of drug-likeness (QED) is 0.872. The highest BCUT2D eigenvalue weighted by Gasteiger charge is 2.24. The average molecular weight is 325 g/mol. The smallest absolute Gasteiger partial charge is 0.225 e. The molecule has 2 N–H and O–H groups in total. The molecule has 1 amide bonds. The van der Waals surface area contributed by atoms with E-state index in [1.54, 1.807) is 16.8 Å². The summed E-state index contributed by atoms with van der Waals surface area (Å²) in [7, 11) is 0. The number of rotatable bonds is 5. The largest absolute Gasteiger partial charge is 0.355 e. The van der Waals surface area contributed by atoms with Crippen molar-refractivity contribution in [3.05, 3.63) is 48.0 Å². The van der Waals surface area contributed by atoms with Crippen LogP contribution in [-0.2, 0) is 11.2 Å². The Morgan fingerprint density at radius 1 is 1.32 bits per heavy atom. The lowest BCUT2D eigenvalue weighted by Crippen LogP contribution is -2.51. The Kier molecular flexibility index (Phi) is 5.51. The number of halogens is 2. The maximum absolute atomic E-state index is 12.9. The summed E-state index contributed by atoms with van der Waals surface area (Å²) >= 11 is 0. The van der Waals surface area contributed by atoms with Crippen LogP contribution in [0.3, 0.4) is 0 Å². The molecule has 0 radical (unpaired) electrons. The van der Waals surface area contributed by atoms with Crippen LogP contribution in [0.2, 0.25) is 0 Å². The van der Waals surface area contributed by atoms with Crippen molar-refractivity contribution in [3.8, 4) is 5.69 Å². The molecule has 1 aromatic heterocycles. The van der Waals surface area contributed by atoms with Gasteiger partial charge in [0.25, 0.3) is 0 Å². The van der Waals surface area contributed by atoms with Gasteiger partial charge in [0.15, 0.2) is 0 Å². The number of carbonyl (C=O) groups excluding carboxylic acids is 1. The van der Waals surface area contributed by atoms with Crippen molar-refractivity contribution in [1.82, 2.24) is 20.4 Å². The highest BCUT2D eigenvalue weighted by atomic mass is 35.5. The number of nitrogens with one attached hydrogen (secondary N) is 2. The van der Waals surface area contributed by atoms with Crippen LogP contribution in [0.4, 0.5) is 4.39 Å². The van der Waals surface area contributed by atoms with E-state index in [4.69, 9.17) is 0 Å². The molecule has 0 atom stereocenters. The minimum absolute atomic E-state index is 0. The Bertz CT molecular complexity index is 625. The van der Waals surface area contributed by atoms with Crippen molar-refractivity contribution < 1.29 is 9.18 Å². The van der Waals surface area contributed by atoms with Gasteiger partial charge in [-0.15, -0.1) is 12.4 Å². The van der Waals surface area contributed by atoms with E-state index in [-0.39, 0.29) is 30.0 Å². The maximum atomic E-state index is 12.9. The molecule has 0 aliphatic carbocycles. The van der Waals surface area contributed by atoms with Crippen LogP contribution in [-0.4, -0.2) is 35.3 Å². The van der Waals surface area contributed by atoms with Gasteiger partial charge in [0.2, 0.25) is 5.91 Å². The molecule has 1 saturated heterocycles. The van der Waals surface area contributed by atoms with Crippen LogP contribution in [0.25, 0.3) is 5.69 Å². The summed E-state index contributed by atoms with van der Waals surface area (Å²) in [5, 5.41) is 10.4. The van der Waals surface area contributed by atoms with Gasteiger partial charge < -0.3 is 10.6 Å².